The molecular formula is C10H13NO2. The largest absolute Gasteiger partial charge is 0.461 e. The van der Waals surface area contributed by atoms with Crippen LogP contribution < -0.4 is 5.73 Å². The molecule has 3 nitrogen and oxygen atoms in total. The molecule has 1 aromatic rings. The Balaban J connectivity index is 2.61. The van der Waals surface area contributed by atoms with Crippen molar-refractivity contribution in [2.24, 2.45) is 5.73 Å². The zero-order chi connectivity index (χ0) is 9.68. The molecule has 0 atom stereocenters. The normalized spacial score (nSPS) is 9.69. The number of benzene rings is 1. The van der Waals surface area contributed by atoms with Crippen LogP contribution in [0.3, 0.4) is 0 Å². The van der Waals surface area contributed by atoms with Crippen molar-refractivity contribution in [2.75, 3.05) is 13.2 Å². The molecule has 0 saturated heterocycles. The van der Waals surface area contributed by atoms with Crippen LogP contribution in [0.25, 0.3) is 0 Å². The lowest BCUT2D eigenvalue weighted by molar-refractivity contribution is 0.0517. The van der Waals surface area contributed by atoms with Crippen LogP contribution in [0.4, 0.5) is 0 Å². The molecule has 1 rings (SSSR count). The van der Waals surface area contributed by atoms with Gasteiger partial charge in [-0.2, -0.15) is 0 Å². The van der Waals surface area contributed by atoms with Crippen molar-refractivity contribution in [3.8, 4) is 0 Å². The van der Waals surface area contributed by atoms with Crippen LogP contribution in [-0.4, -0.2) is 19.1 Å². The Labute approximate surface area is 77.5 Å². The molecule has 0 saturated carbocycles. The minimum Gasteiger partial charge on any atom is -0.461 e. The van der Waals surface area contributed by atoms with E-state index in [2.05, 4.69) is 0 Å². The summed E-state index contributed by atoms with van der Waals surface area (Å²) >= 11 is 0. The summed E-state index contributed by atoms with van der Waals surface area (Å²) in [5, 5.41) is 0. The van der Waals surface area contributed by atoms with Crippen molar-refractivity contribution in [2.45, 2.75) is 6.92 Å². The van der Waals surface area contributed by atoms with Crippen LogP contribution >= 0.6 is 0 Å². The van der Waals surface area contributed by atoms with E-state index >= 15 is 0 Å². The van der Waals surface area contributed by atoms with E-state index in [1.807, 2.05) is 19.1 Å². The Morgan fingerprint density at radius 1 is 1.38 bits per heavy atom. The minimum absolute atomic E-state index is 0.271. The van der Waals surface area contributed by atoms with Crippen molar-refractivity contribution in [1.29, 1.82) is 0 Å². The smallest absolute Gasteiger partial charge is 0.338 e. The summed E-state index contributed by atoms with van der Waals surface area (Å²) in [7, 11) is 0. The fourth-order valence-corrected chi connectivity index (χ4v) is 0.925. The molecule has 0 aliphatic carbocycles. The number of carbonyl (C=O) groups is 1. The van der Waals surface area contributed by atoms with Crippen molar-refractivity contribution >= 4 is 5.97 Å². The zero-order valence-electron chi connectivity index (χ0n) is 7.62. The molecule has 2 N–H and O–H groups in total. The first-order valence-electron chi connectivity index (χ1n) is 4.18. The van der Waals surface area contributed by atoms with Crippen molar-refractivity contribution < 1.29 is 9.53 Å². The Bertz CT molecular complexity index is 279. The first-order valence-corrected chi connectivity index (χ1v) is 4.18. The van der Waals surface area contributed by atoms with Crippen LogP contribution in [-0.2, 0) is 4.74 Å². The third kappa shape index (κ3) is 2.87. The van der Waals surface area contributed by atoms with Gasteiger partial charge in [-0.1, -0.05) is 17.7 Å². The molecule has 0 heterocycles. The third-order valence-corrected chi connectivity index (χ3v) is 1.64. The van der Waals surface area contributed by atoms with Gasteiger partial charge in [0.15, 0.2) is 0 Å². The Hall–Kier alpha value is -1.35. The second-order valence-electron chi connectivity index (χ2n) is 2.79. The van der Waals surface area contributed by atoms with E-state index in [-0.39, 0.29) is 12.6 Å². The molecule has 1 aromatic carbocycles. The molecule has 0 unspecified atom stereocenters. The average molecular weight is 179 g/mol. The molecule has 0 bridgehead atoms. The predicted molar refractivity (Wildman–Crippen MR) is 50.5 cm³/mol. The molecule has 0 fully saturated rings. The number of hydrogen-bond donors (Lipinski definition) is 1. The third-order valence-electron chi connectivity index (χ3n) is 1.64. The Morgan fingerprint density at radius 3 is 2.54 bits per heavy atom. The zero-order valence-corrected chi connectivity index (χ0v) is 7.62. The van der Waals surface area contributed by atoms with E-state index < -0.39 is 0 Å². The highest BCUT2D eigenvalue weighted by atomic mass is 16.5. The predicted octanol–water partition coefficient (Wildman–Crippen LogP) is 1.11. The highest BCUT2D eigenvalue weighted by Crippen LogP contribution is 2.04. The summed E-state index contributed by atoms with van der Waals surface area (Å²) in [6.07, 6.45) is 0. The molecule has 3 heteroatoms. The number of hydrogen-bond acceptors (Lipinski definition) is 3. The van der Waals surface area contributed by atoms with Gasteiger partial charge in [-0.05, 0) is 19.1 Å². The summed E-state index contributed by atoms with van der Waals surface area (Å²) in [4.78, 5) is 11.2. The summed E-state index contributed by atoms with van der Waals surface area (Å²) in [6, 6.07) is 7.24. The number of rotatable bonds is 3. The number of ether oxygens (including phenoxy) is 1. The SMILES string of the molecule is Cc1ccc(C(=O)OCCN)cc1. The highest BCUT2D eigenvalue weighted by Gasteiger charge is 2.04. The van der Waals surface area contributed by atoms with Crippen LogP contribution in [0.15, 0.2) is 24.3 Å². The number of nitrogens with two attached hydrogens (primary N) is 1. The van der Waals surface area contributed by atoms with E-state index in [0.717, 1.165) is 5.56 Å². The fourth-order valence-electron chi connectivity index (χ4n) is 0.925. The lowest BCUT2D eigenvalue weighted by Gasteiger charge is -2.02. The number of esters is 1. The Kier molecular flexibility index (Phi) is 3.46. The summed E-state index contributed by atoms with van der Waals surface area (Å²) in [5.41, 5.74) is 6.89. The second-order valence-corrected chi connectivity index (χ2v) is 2.79. The van der Waals surface area contributed by atoms with Gasteiger partial charge in [0.25, 0.3) is 0 Å². The number of carbonyl (C=O) groups excluding carboxylic acids is 1. The molecule has 13 heavy (non-hydrogen) atoms. The van der Waals surface area contributed by atoms with Gasteiger partial charge in [-0.15, -0.1) is 0 Å². The summed E-state index contributed by atoms with van der Waals surface area (Å²) in [6.45, 7) is 2.60. The lowest BCUT2D eigenvalue weighted by atomic mass is 10.1. The van der Waals surface area contributed by atoms with Gasteiger partial charge in [-0.3, -0.25) is 0 Å². The van der Waals surface area contributed by atoms with Crippen LogP contribution in [0, 0.1) is 6.92 Å². The van der Waals surface area contributed by atoms with Gasteiger partial charge >= 0.3 is 5.97 Å². The summed E-state index contributed by atoms with van der Waals surface area (Å²) < 4.78 is 4.85. The second kappa shape index (κ2) is 4.62. The monoisotopic (exact) mass is 179 g/mol. The van der Waals surface area contributed by atoms with E-state index in [9.17, 15) is 4.79 Å². The average Bonchev–Trinajstić information content (AvgIpc) is 2.15. The maximum Gasteiger partial charge on any atom is 0.338 e. The van der Waals surface area contributed by atoms with Crippen LogP contribution in [0.5, 0.6) is 0 Å². The number of aryl methyl sites for hydroxylation is 1. The maximum atomic E-state index is 11.2. The molecule has 0 aliphatic heterocycles. The molecule has 0 spiro atoms. The first kappa shape index (κ1) is 9.74. The van der Waals surface area contributed by atoms with E-state index in [4.69, 9.17) is 10.5 Å². The van der Waals surface area contributed by atoms with Crippen LogP contribution in [0.2, 0.25) is 0 Å². The van der Waals surface area contributed by atoms with Gasteiger partial charge in [0.1, 0.15) is 6.61 Å². The molecule has 70 valence electrons. The van der Waals surface area contributed by atoms with E-state index in [1.54, 1.807) is 12.1 Å². The molecule has 0 amide bonds. The van der Waals surface area contributed by atoms with Gasteiger partial charge < -0.3 is 10.5 Å². The van der Waals surface area contributed by atoms with Crippen molar-refractivity contribution in [1.82, 2.24) is 0 Å². The lowest BCUT2D eigenvalue weighted by Crippen LogP contribution is -2.13. The Morgan fingerprint density at radius 2 is 2.00 bits per heavy atom. The minimum atomic E-state index is -0.314. The van der Waals surface area contributed by atoms with E-state index in [1.165, 1.54) is 0 Å². The maximum absolute atomic E-state index is 11.2. The van der Waals surface area contributed by atoms with Crippen LogP contribution in [0.1, 0.15) is 15.9 Å². The van der Waals surface area contributed by atoms with Crippen molar-refractivity contribution in [3.05, 3.63) is 35.4 Å². The molecule has 0 aliphatic rings. The quantitative estimate of drug-likeness (QED) is 0.707. The molecular weight excluding hydrogens is 166 g/mol. The standard InChI is InChI=1S/C10H13NO2/c1-8-2-4-9(5-3-8)10(12)13-7-6-11/h2-5H,6-7,11H2,1H3. The highest BCUT2D eigenvalue weighted by molar-refractivity contribution is 5.89. The molecule has 0 radical (unpaired) electrons. The fraction of sp³-hybridized carbons (Fsp3) is 0.300. The van der Waals surface area contributed by atoms with Gasteiger partial charge in [0.05, 0.1) is 5.56 Å². The van der Waals surface area contributed by atoms with E-state index in [0.29, 0.717) is 12.1 Å². The topological polar surface area (TPSA) is 52.3 Å². The van der Waals surface area contributed by atoms with Gasteiger partial charge in [0, 0.05) is 6.54 Å². The first-order chi connectivity index (χ1) is 6.24. The summed E-state index contributed by atoms with van der Waals surface area (Å²) in [5.74, 6) is -0.314. The van der Waals surface area contributed by atoms with Crippen molar-refractivity contribution in [3.63, 3.8) is 0 Å². The van der Waals surface area contributed by atoms with Gasteiger partial charge in [0.2, 0.25) is 0 Å². The molecule has 0 aromatic heterocycles. The van der Waals surface area contributed by atoms with Gasteiger partial charge in [-0.25, -0.2) is 4.79 Å².